The van der Waals surface area contributed by atoms with Crippen LogP contribution in [0.25, 0.3) is 5.82 Å². The van der Waals surface area contributed by atoms with Gasteiger partial charge in [-0.25, -0.2) is 18.4 Å². The van der Waals surface area contributed by atoms with Gasteiger partial charge >= 0.3 is 6.18 Å². The standard InChI is InChI=1S/C17H19F3N6O2S/c1-29(27,28)12-6-7-14(22-11-12)26-16(24-25-8-4-2-3-5-9-25)13(10-21)15(23-26)17(18,19)20/h6-7,11,24H,2-5,8-9H2,1H3. The number of aromatic nitrogens is 3. The summed E-state index contributed by atoms with van der Waals surface area (Å²) in [5.74, 6) is -0.192. The molecule has 8 nitrogen and oxygen atoms in total. The fraction of sp³-hybridized carbons (Fsp3) is 0.471. The number of rotatable bonds is 4. The molecule has 1 N–H and O–H groups in total. The molecule has 1 aliphatic rings. The monoisotopic (exact) mass is 428 g/mol. The van der Waals surface area contributed by atoms with Crippen molar-refractivity contribution in [3.05, 3.63) is 29.6 Å². The molecule has 29 heavy (non-hydrogen) atoms. The second kappa shape index (κ2) is 8.00. The van der Waals surface area contributed by atoms with Crippen molar-refractivity contribution in [2.45, 2.75) is 36.8 Å². The number of nitrogens with one attached hydrogen (secondary N) is 1. The van der Waals surface area contributed by atoms with E-state index in [0.29, 0.717) is 13.1 Å². The Kier molecular flexibility index (Phi) is 5.81. The molecule has 3 rings (SSSR count). The molecule has 0 atom stereocenters. The molecule has 0 amide bonds. The topological polar surface area (TPSA) is 104 Å². The number of alkyl halides is 3. The summed E-state index contributed by atoms with van der Waals surface area (Å²) in [7, 11) is -3.52. The molecule has 0 bridgehead atoms. The van der Waals surface area contributed by atoms with Crippen LogP contribution in [0.1, 0.15) is 36.9 Å². The number of hydrogen-bond acceptors (Lipinski definition) is 7. The van der Waals surface area contributed by atoms with Gasteiger partial charge in [0.05, 0.1) is 4.90 Å². The van der Waals surface area contributed by atoms with Gasteiger partial charge in [-0.1, -0.05) is 12.8 Å². The van der Waals surface area contributed by atoms with Crippen LogP contribution in [0.3, 0.4) is 0 Å². The van der Waals surface area contributed by atoms with Crippen molar-refractivity contribution in [3.8, 4) is 11.9 Å². The summed E-state index contributed by atoms with van der Waals surface area (Å²) >= 11 is 0. The third-order valence-electron chi connectivity index (χ3n) is 4.50. The lowest BCUT2D eigenvalue weighted by molar-refractivity contribution is -0.141. The van der Waals surface area contributed by atoms with Gasteiger partial charge in [0.1, 0.15) is 11.6 Å². The fourth-order valence-corrected chi connectivity index (χ4v) is 3.60. The molecule has 1 fully saturated rings. The average Bonchev–Trinajstić information content (AvgIpc) is 2.82. The smallest absolute Gasteiger partial charge is 0.302 e. The van der Waals surface area contributed by atoms with Crippen molar-refractivity contribution < 1.29 is 21.6 Å². The Hall–Kier alpha value is -2.65. The van der Waals surface area contributed by atoms with Crippen LogP contribution in [0, 0.1) is 11.3 Å². The van der Waals surface area contributed by atoms with E-state index in [4.69, 9.17) is 0 Å². The van der Waals surface area contributed by atoms with Gasteiger partial charge in [0.2, 0.25) is 0 Å². The number of halogens is 3. The molecular weight excluding hydrogens is 409 g/mol. The summed E-state index contributed by atoms with van der Waals surface area (Å²) in [5, 5.41) is 14.7. The molecule has 0 unspecified atom stereocenters. The molecule has 0 radical (unpaired) electrons. The highest BCUT2D eigenvalue weighted by molar-refractivity contribution is 7.90. The second-order valence-corrected chi connectivity index (χ2v) is 8.75. The van der Waals surface area contributed by atoms with Gasteiger partial charge in [0.25, 0.3) is 0 Å². The van der Waals surface area contributed by atoms with Crippen molar-refractivity contribution in [1.29, 1.82) is 5.26 Å². The van der Waals surface area contributed by atoms with Crippen LogP contribution in [0.15, 0.2) is 23.2 Å². The molecular formula is C17H19F3N6O2S. The maximum absolute atomic E-state index is 13.4. The predicted molar refractivity (Wildman–Crippen MR) is 97.8 cm³/mol. The normalized spacial score (nSPS) is 16.2. The number of hydrogen-bond donors (Lipinski definition) is 1. The molecule has 0 saturated carbocycles. The van der Waals surface area contributed by atoms with Crippen molar-refractivity contribution in [2.75, 3.05) is 24.8 Å². The summed E-state index contributed by atoms with van der Waals surface area (Å²) in [6, 6.07) is 4.06. The Morgan fingerprint density at radius 1 is 1.17 bits per heavy atom. The largest absolute Gasteiger partial charge is 0.436 e. The highest BCUT2D eigenvalue weighted by Crippen LogP contribution is 2.35. The Morgan fingerprint density at radius 3 is 2.31 bits per heavy atom. The van der Waals surface area contributed by atoms with Crippen molar-refractivity contribution in [3.63, 3.8) is 0 Å². The summed E-state index contributed by atoms with van der Waals surface area (Å²) in [4.78, 5) is 3.87. The van der Waals surface area contributed by atoms with E-state index in [1.165, 1.54) is 12.1 Å². The number of hydrazine groups is 1. The maximum atomic E-state index is 13.4. The van der Waals surface area contributed by atoms with E-state index < -0.39 is 27.3 Å². The molecule has 0 aromatic carbocycles. The SMILES string of the molecule is CS(=O)(=O)c1ccc(-n2nc(C(F)(F)F)c(C#N)c2NN2CCCCCC2)nc1. The molecule has 0 spiro atoms. The number of nitriles is 1. The van der Waals surface area contributed by atoms with Crippen LogP contribution >= 0.6 is 0 Å². The Morgan fingerprint density at radius 2 is 1.83 bits per heavy atom. The predicted octanol–water partition coefficient (Wildman–Crippen LogP) is 2.76. The Labute approximate surface area is 165 Å². The van der Waals surface area contributed by atoms with E-state index in [0.717, 1.165) is 42.8 Å². The van der Waals surface area contributed by atoms with Crippen LogP contribution in [0.2, 0.25) is 0 Å². The van der Waals surface area contributed by atoms with E-state index in [1.54, 1.807) is 11.1 Å². The quantitative estimate of drug-likeness (QED) is 0.799. The van der Waals surface area contributed by atoms with Gasteiger partial charge in [-0.3, -0.25) is 0 Å². The summed E-state index contributed by atoms with van der Waals surface area (Å²) in [6.45, 7) is 1.22. The first kappa shape index (κ1) is 21.1. The lowest BCUT2D eigenvalue weighted by Gasteiger charge is -2.22. The first-order chi connectivity index (χ1) is 13.6. The van der Waals surface area contributed by atoms with Crippen LogP contribution in [0.4, 0.5) is 19.0 Å². The van der Waals surface area contributed by atoms with Gasteiger partial charge in [0, 0.05) is 25.5 Å². The highest BCUT2D eigenvalue weighted by Gasteiger charge is 2.40. The fourth-order valence-electron chi connectivity index (χ4n) is 3.04. The van der Waals surface area contributed by atoms with E-state index >= 15 is 0 Å². The zero-order chi connectivity index (χ0) is 21.2. The van der Waals surface area contributed by atoms with Crippen molar-refractivity contribution in [1.82, 2.24) is 19.8 Å². The van der Waals surface area contributed by atoms with E-state index in [1.807, 2.05) is 0 Å². The first-order valence-corrected chi connectivity index (χ1v) is 10.8. The lowest BCUT2D eigenvalue weighted by Crippen LogP contribution is -2.32. The minimum Gasteiger partial charge on any atom is -0.302 e. The summed E-state index contributed by atoms with van der Waals surface area (Å²) < 4.78 is 64.4. The summed E-state index contributed by atoms with van der Waals surface area (Å²) in [5.41, 5.74) is 0.928. The zero-order valence-corrected chi connectivity index (χ0v) is 16.4. The van der Waals surface area contributed by atoms with Crippen LogP contribution in [-0.2, 0) is 16.0 Å². The van der Waals surface area contributed by atoms with Crippen molar-refractivity contribution in [2.24, 2.45) is 0 Å². The van der Waals surface area contributed by atoms with Crippen molar-refractivity contribution >= 4 is 15.7 Å². The van der Waals surface area contributed by atoms with E-state index in [-0.39, 0.29) is 16.5 Å². The lowest BCUT2D eigenvalue weighted by atomic mass is 10.2. The van der Waals surface area contributed by atoms with Gasteiger partial charge in [0.15, 0.2) is 27.2 Å². The van der Waals surface area contributed by atoms with Gasteiger partial charge < -0.3 is 5.43 Å². The number of anilines is 1. The molecule has 2 aromatic heterocycles. The van der Waals surface area contributed by atoms with E-state index in [2.05, 4.69) is 15.5 Å². The summed E-state index contributed by atoms with van der Waals surface area (Å²) in [6.07, 6.45) is 0.988. The average molecular weight is 428 g/mol. The van der Waals surface area contributed by atoms with E-state index in [9.17, 15) is 26.9 Å². The van der Waals surface area contributed by atoms with Crippen LogP contribution < -0.4 is 5.43 Å². The highest BCUT2D eigenvalue weighted by atomic mass is 32.2. The molecule has 3 heterocycles. The molecule has 2 aromatic rings. The van der Waals surface area contributed by atoms with Crippen LogP contribution in [-0.4, -0.2) is 47.5 Å². The van der Waals surface area contributed by atoms with Gasteiger partial charge in [-0.2, -0.15) is 28.2 Å². The number of pyridine rings is 1. The Balaban J connectivity index is 2.09. The molecule has 0 aliphatic carbocycles. The molecule has 156 valence electrons. The van der Waals surface area contributed by atoms with Gasteiger partial charge in [-0.15, -0.1) is 0 Å². The van der Waals surface area contributed by atoms with Gasteiger partial charge in [-0.05, 0) is 25.0 Å². The first-order valence-electron chi connectivity index (χ1n) is 8.89. The van der Waals surface area contributed by atoms with Crippen LogP contribution in [0.5, 0.6) is 0 Å². The third kappa shape index (κ3) is 4.68. The minimum atomic E-state index is -4.84. The maximum Gasteiger partial charge on any atom is 0.436 e. The molecule has 1 aliphatic heterocycles. The zero-order valence-electron chi connectivity index (χ0n) is 15.6. The molecule has 12 heteroatoms. The second-order valence-electron chi connectivity index (χ2n) is 6.73. The number of sulfone groups is 1. The Bertz CT molecular complexity index is 1020. The molecule has 1 saturated heterocycles. The number of nitrogens with zero attached hydrogens (tertiary/aromatic N) is 5. The minimum absolute atomic E-state index is 0.0401. The third-order valence-corrected chi connectivity index (χ3v) is 5.60.